The van der Waals surface area contributed by atoms with E-state index < -0.39 is 22.0 Å². The molecule has 1 N–H and O–H groups in total. The van der Waals surface area contributed by atoms with E-state index in [4.69, 9.17) is 0 Å². The number of aliphatic hydroxyl groups is 1. The zero-order valence-electron chi connectivity index (χ0n) is 15.8. The maximum absolute atomic E-state index is 12.8. The molecule has 3 aromatic carbocycles. The van der Waals surface area contributed by atoms with E-state index in [0.717, 1.165) is 25.5 Å². The van der Waals surface area contributed by atoms with Crippen molar-refractivity contribution in [1.82, 2.24) is 4.31 Å². The van der Waals surface area contributed by atoms with Crippen LogP contribution in [0.4, 0.5) is 11.4 Å². The van der Waals surface area contributed by atoms with Crippen LogP contribution in [0.3, 0.4) is 0 Å². The van der Waals surface area contributed by atoms with E-state index in [0.29, 0.717) is 0 Å². The van der Waals surface area contributed by atoms with Crippen molar-refractivity contribution in [3.8, 4) is 0 Å². The third-order valence-corrected chi connectivity index (χ3v) is 8.15. The minimum Gasteiger partial charge on any atom is -0.389 e. The smallest absolute Gasteiger partial charge is 0.269 e. The number of nitrogens with zero attached hydrogens (tertiary/aromatic N) is 2. The molecular weight excluding hydrogens is 420 g/mol. The highest BCUT2D eigenvalue weighted by Crippen LogP contribution is 2.47. The third-order valence-electron chi connectivity index (χ3n) is 5.21. The minimum atomic E-state index is -3.95. The summed E-state index contributed by atoms with van der Waals surface area (Å²) in [6.45, 7) is -0.145. The van der Waals surface area contributed by atoms with E-state index >= 15 is 0 Å². The van der Waals surface area contributed by atoms with Gasteiger partial charge in [0.1, 0.15) is 4.90 Å². The molecule has 8 heteroatoms. The van der Waals surface area contributed by atoms with Gasteiger partial charge in [0.15, 0.2) is 0 Å². The van der Waals surface area contributed by atoms with Gasteiger partial charge in [-0.2, -0.15) is 0 Å². The molecule has 30 heavy (non-hydrogen) atoms. The summed E-state index contributed by atoms with van der Waals surface area (Å²) in [5.41, 5.74) is 2.04. The van der Waals surface area contributed by atoms with Crippen LogP contribution in [0, 0.1) is 0 Å². The summed E-state index contributed by atoms with van der Waals surface area (Å²) in [6.07, 6.45) is -1.07. The van der Waals surface area contributed by atoms with E-state index in [1.54, 1.807) is 23.9 Å². The molecular formula is C22H18N2O4S2. The second-order valence-electron chi connectivity index (χ2n) is 7.14. The Bertz CT molecular complexity index is 1210. The summed E-state index contributed by atoms with van der Waals surface area (Å²) >= 11 is 1.65. The Labute approximate surface area is 178 Å². The summed E-state index contributed by atoms with van der Waals surface area (Å²) in [5, 5.41) is 10.8. The van der Waals surface area contributed by atoms with Crippen LogP contribution in [0.15, 0.2) is 87.5 Å². The number of para-hydroxylation sites is 2. The SMILES string of the molecule is O=C1c2ccccc2S(=O)(=O)N1C[C@@H](O)CN1c2ccccc2Sc2ccccc21. The van der Waals surface area contributed by atoms with Gasteiger partial charge in [0.2, 0.25) is 0 Å². The fourth-order valence-corrected chi connectivity index (χ4v) is 6.55. The quantitative estimate of drug-likeness (QED) is 0.672. The van der Waals surface area contributed by atoms with Crippen molar-refractivity contribution in [3.05, 3.63) is 78.4 Å². The number of sulfonamides is 1. The Morgan fingerprint density at radius 1 is 0.833 bits per heavy atom. The van der Waals surface area contributed by atoms with E-state index in [1.165, 1.54) is 12.1 Å². The van der Waals surface area contributed by atoms with Gasteiger partial charge in [-0.3, -0.25) is 4.79 Å². The number of aliphatic hydroxyl groups excluding tert-OH is 1. The van der Waals surface area contributed by atoms with Crippen LogP contribution in [-0.2, 0) is 10.0 Å². The number of rotatable bonds is 4. The predicted molar refractivity (Wildman–Crippen MR) is 115 cm³/mol. The van der Waals surface area contributed by atoms with E-state index in [9.17, 15) is 18.3 Å². The van der Waals surface area contributed by atoms with Crippen molar-refractivity contribution in [2.75, 3.05) is 18.0 Å². The second-order valence-corrected chi connectivity index (χ2v) is 10.1. The molecule has 0 fully saturated rings. The van der Waals surface area contributed by atoms with Gasteiger partial charge in [-0.15, -0.1) is 0 Å². The summed E-state index contributed by atoms with van der Waals surface area (Å²) in [7, 11) is -3.95. The lowest BCUT2D eigenvalue weighted by atomic mass is 10.2. The lowest BCUT2D eigenvalue weighted by Crippen LogP contribution is -2.42. The number of hydrogen-bond donors (Lipinski definition) is 1. The fourth-order valence-electron chi connectivity index (χ4n) is 3.85. The molecule has 0 radical (unpaired) electrons. The van der Waals surface area contributed by atoms with Gasteiger partial charge in [0, 0.05) is 9.79 Å². The number of carbonyl (C=O) groups is 1. The number of β-amino-alcohol motifs (C(OH)–C–C–N with tert-alkyl or cyclic N) is 1. The Kier molecular flexibility index (Phi) is 4.57. The lowest BCUT2D eigenvalue weighted by molar-refractivity contribution is 0.0801. The molecule has 5 rings (SSSR count). The number of anilines is 2. The molecule has 2 aliphatic rings. The largest absolute Gasteiger partial charge is 0.389 e. The Morgan fingerprint density at radius 3 is 2.03 bits per heavy atom. The minimum absolute atomic E-state index is 0.00716. The molecule has 0 bridgehead atoms. The first kappa shape index (κ1) is 19.2. The van der Waals surface area contributed by atoms with Gasteiger partial charge >= 0.3 is 0 Å². The van der Waals surface area contributed by atoms with Crippen LogP contribution >= 0.6 is 11.8 Å². The number of amides is 1. The monoisotopic (exact) mass is 438 g/mol. The molecule has 6 nitrogen and oxygen atoms in total. The molecule has 0 saturated carbocycles. The van der Waals surface area contributed by atoms with Gasteiger partial charge in [-0.25, -0.2) is 12.7 Å². The van der Waals surface area contributed by atoms with E-state index in [2.05, 4.69) is 0 Å². The molecule has 0 aromatic heterocycles. The highest BCUT2D eigenvalue weighted by molar-refractivity contribution is 7.99. The molecule has 0 unspecified atom stereocenters. The average Bonchev–Trinajstić information content (AvgIpc) is 2.94. The number of carbonyl (C=O) groups excluding carboxylic acids is 1. The Morgan fingerprint density at radius 2 is 1.40 bits per heavy atom. The molecule has 1 amide bonds. The van der Waals surface area contributed by atoms with Crippen LogP contribution in [-0.4, -0.2) is 42.9 Å². The first-order valence-electron chi connectivity index (χ1n) is 9.44. The van der Waals surface area contributed by atoms with Crippen molar-refractivity contribution >= 4 is 39.1 Å². The summed E-state index contributed by atoms with van der Waals surface area (Å²) in [4.78, 5) is 16.7. The van der Waals surface area contributed by atoms with Crippen molar-refractivity contribution < 1.29 is 18.3 Å². The van der Waals surface area contributed by atoms with Crippen molar-refractivity contribution in [2.45, 2.75) is 20.8 Å². The van der Waals surface area contributed by atoms with Crippen molar-refractivity contribution in [1.29, 1.82) is 0 Å². The lowest BCUT2D eigenvalue weighted by Gasteiger charge is -2.34. The number of benzene rings is 3. The van der Waals surface area contributed by atoms with Gasteiger partial charge in [0.05, 0.1) is 36.1 Å². The zero-order valence-corrected chi connectivity index (χ0v) is 17.4. The third kappa shape index (κ3) is 2.99. The highest BCUT2D eigenvalue weighted by atomic mass is 32.2. The van der Waals surface area contributed by atoms with Crippen LogP contribution in [0.25, 0.3) is 0 Å². The number of hydrogen-bond acceptors (Lipinski definition) is 6. The standard InChI is InChI=1S/C22H18N2O4S2/c25-15(14-24-22(26)16-7-1-6-12-21(16)30(24,27)28)13-23-17-8-2-4-10-19(17)29-20-11-5-3-9-18(20)23/h1-12,15,25H,13-14H2/t15-/m0/s1. The van der Waals surface area contributed by atoms with Crippen LogP contribution in [0.1, 0.15) is 10.4 Å². The molecule has 2 heterocycles. The maximum Gasteiger partial charge on any atom is 0.269 e. The first-order chi connectivity index (χ1) is 14.5. The Hall–Kier alpha value is -2.81. The van der Waals surface area contributed by atoms with Crippen molar-refractivity contribution in [3.63, 3.8) is 0 Å². The van der Waals surface area contributed by atoms with Gasteiger partial charge in [-0.05, 0) is 36.4 Å². The maximum atomic E-state index is 12.8. The molecule has 0 saturated heterocycles. The topological polar surface area (TPSA) is 77.9 Å². The van der Waals surface area contributed by atoms with Crippen LogP contribution in [0.2, 0.25) is 0 Å². The number of fused-ring (bicyclic) bond motifs is 3. The molecule has 0 aliphatic carbocycles. The summed E-state index contributed by atoms with van der Waals surface area (Å²) < 4.78 is 26.4. The fraction of sp³-hybridized carbons (Fsp3) is 0.136. The second kappa shape index (κ2) is 7.16. The van der Waals surface area contributed by atoms with Crippen molar-refractivity contribution in [2.24, 2.45) is 0 Å². The van der Waals surface area contributed by atoms with E-state index in [-0.39, 0.29) is 23.5 Å². The molecule has 2 aliphatic heterocycles. The van der Waals surface area contributed by atoms with Gasteiger partial charge < -0.3 is 10.0 Å². The average molecular weight is 439 g/mol. The first-order valence-corrected chi connectivity index (χ1v) is 11.7. The van der Waals surface area contributed by atoms with Gasteiger partial charge in [0.25, 0.3) is 15.9 Å². The predicted octanol–water partition coefficient (Wildman–Crippen LogP) is 3.49. The molecule has 3 aromatic rings. The molecule has 1 atom stereocenters. The highest BCUT2D eigenvalue weighted by Gasteiger charge is 2.42. The van der Waals surface area contributed by atoms with Crippen LogP contribution in [0.5, 0.6) is 0 Å². The molecule has 152 valence electrons. The summed E-state index contributed by atoms with van der Waals surface area (Å²) in [6, 6.07) is 21.9. The van der Waals surface area contributed by atoms with E-state index in [1.807, 2.05) is 53.4 Å². The Balaban J connectivity index is 1.43. The zero-order chi connectivity index (χ0) is 20.9. The normalized spacial score (nSPS) is 17.3. The summed E-state index contributed by atoms with van der Waals surface area (Å²) in [5.74, 6) is -0.598. The van der Waals surface area contributed by atoms with Gasteiger partial charge in [-0.1, -0.05) is 48.2 Å². The molecule has 0 spiro atoms. The van der Waals surface area contributed by atoms with Crippen LogP contribution < -0.4 is 4.90 Å².